The number of benzene rings is 1. The second-order valence-corrected chi connectivity index (χ2v) is 4.22. The lowest BCUT2D eigenvalue weighted by molar-refractivity contribution is 0.806. The largest absolute Gasteiger partial charge is 0.384 e. The van der Waals surface area contributed by atoms with Crippen LogP contribution in [0.3, 0.4) is 0 Å². The van der Waals surface area contributed by atoms with Gasteiger partial charge in [0.25, 0.3) is 0 Å². The van der Waals surface area contributed by atoms with Crippen molar-refractivity contribution in [2.45, 2.75) is 20.4 Å². The van der Waals surface area contributed by atoms with Gasteiger partial charge in [0.1, 0.15) is 0 Å². The molecule has 0 atom stereocenters. The monoisotopic (exact) mass is 239 g/mol. The van der Waals surface area contributed by atoms with Crippen molar-refractivity contribution in [1.82, 2.24) is 5.32 Å². The van der Waals surface area contributed by atoms with E-state index in [1.165, 1.54) is 5.56 Å². The molecule has 1 aromatic carbocycles. The molecule has 0 amide bonds. The fourth-order valence-corrected chi connectivity index (χ4v) is 1.56. The van der Waals surface area contributed by atoms with Crippen LogP contribution in [0.15, 0.2) is 78.6 Å². The molecule has 0 aromatic heterocycles. The van der Waals surface area contributed by atoms with Crippen LogP contribution < -0.4 is 5.32 Å². The van der Waals surface area contributed by atoms with Gasteiger partial charge in [-0.2, -0.15) is 0 Å². The standard InChI is InChI=1S/C17H21N/c1-5-14(3)12-17(6-2)15(4)18-13-16-10-8-7-9-11-16/h5-12,18H,1-2,13H2,3-4H3/b14-12-,17-15+. The van der Waals surface area contributed by atoms with Crippen LogP contribution in [0.25, 0.3) is 0 Å². The van der Waals surface area contributed by atoms with Gasteiger partial charge in [0.2, 0.25) is 0 Å². The molecule has 0 fully saturated rings. The zero-order valence-electron chi connectivity index (χ0n) is 11.2. The van der Waals surface area contributed by atoms with Crippen molar-refractivity contribution in [3.63, 3.8) is 0 Å². The van der Waals surface area contributed by atoms with Crippen LogP contribution in [-0.2, 0) is 6.54 Å². The van der Waals surface area contributed by atoms with E-state index in [2.05, 4.69) is 43.6 Å². The average Bonchev–Trinajstić information content (AvgIpc) is 2.42. The van der Waals surface area contributed by atoms with E-state index >= 15 is 0 Å². The first-order valence-corrected chi connectivity index (χ1v) is 6.09. The fourth-order valence-electron chi connectivity index (χ4n) is 1.56. The average molecular weight is 239 g/mol. The Balaban J connectivity index is 2.75. The van der Waals surface area contributed by atoms with E-state index in [0.29, 0.717) is 0 Å². The molecule has 0 saturated carbocycles. The smallest absolute Gasteiger partial charge is 0.0397 e. The van der Waals surface area contributed by atoms with Crippen LogP contribution in [0.1, 0.15) is 19.4 Å². The maximum absolute atomic E-state index is 3.85. The SMILES string of the molecule is C=C/C(C)=C\C(C=C)=C(/C)NCc1ccccc1. The molecule has 0 unspecified atom stereocenters. The quantitative estimate of drug-likeness (QED) is 0.727. The van der Waals surface area contributed by atoms with E-state index in [9.17, 15) is 0 Å². The molecule has 0 spiro atoms. The first kappa shape index (κ1) is 14.0. The molecular weight excluding hydrogens is 218 g/mol. The second-order valence-electron chi connectivity index (χ2n) is 4.22. The van der Waals surface area contributed by atoms with Gasteiger partial charge >= 0.3 is 0 Å². The summed E-state index contributed by atoms with van der Waals surface area (Å²) in [5.41, 5.74) is 4.62. The van der Waals surface area contributed by atoms with E-state index in [1.807, 2.05) is 37.3 Å². The lowest BCUT2D eigenvalue weighted by atomic mass is 10.1. The highest BCUT2D eigenvalue weighted by atomic mass is 14.9. The van der Waals surface area contributed by atoms with Gasteiger partial charge in [-0.1, -0.05) is 67.3 Å². The highest BCUT2D eigenvalue weighted by molar-refractivity contribution is 5.37. The van der Waals surface area contributed by atoms with E-state index in [-0.39, 0.29) is 0 Å². The molecule has 18 heavy (non-hydrogen) atoms. The summed E-state index contributed by atoms with van der Waals surface area (Å²) in [5.74, 6) is 0. The summed E-state index contributed by atoms with van der Waals surface area (Å²) in [6.45, 7) is 12.5. The molecule has 0 saturated heterocycles. The molecule has 1 aromatic rings. The van der Waals surface area contributed by atoms with E-state index in [1.54, 1.807) is 0 Å². The van der Waals surface area contributed by atoms with Crippen LogP contribution in [0.2, 0.25) is 0 Å². The number of nitrogens with one attached hydrogen (secondary N) is 1. The van der Waals surface area contributed by atoms with Crippen LogP contribution in [0.4, 0.5) is 0 Å². The molecule has 1 heteroatoms. The summed E-state index contributed by atoms with van der Waals surface area (Å²) in [4.78, 5) is 0. The van der Waals surface area contributed by atoms with E-state index in [0.717, 1.165) is 23.4 Å². The van der Waals surface area contributed by atoms with Gasteiger partial charge in [-0.05, 0) is 25.0 Å². The lowest BCUT2D eigenvalue weighted by Gasteiger charge is -2.09. The molecule has 94 valence electrons. The van der Waals surface area contributed by atoms with Crippen molar-refractivity contribution >= 4 is 0 Å². The Labute approximate surface area is 110 Å². The third-order valence-electron chi connectivity index (χ3n) is 2.76. The third-order valence-corrected chi connectivity index (χ3v) is 2.76. The molecule has 0 bridgehead atoms. The normalized spacial score (nSPS) is 12.7. The van der Waals surface area contributed by atoms with Gasteiger partial charge in [-0.3, -0.25) is 0 Å². The maximum atomic E-state index is 3.85. The third kappa shape index (κ3) is 4.46. The second kappa shape index (κ2) is 7.33. The van der Waals surface area contributed by atoms with Crippen LogP contribution in [0.5, 0.6) is 0 Å². The molecule has 1 rings (SSSR count). The van der Waals surface area contributed by atoms with Crippen molar-refractivity contribution in [3.05, 3.63) is 84.1 Å². The molecule has 1 nitrogen and oxygen atoms in total. The number of allylic oxidation sites excluding steroid dienone is 6. The highest BCUT2D eigenvalue weighted by Crippen LogP contribution is 2.09. The topological polar surface area (TPSA) is 12.0 Å². The number of hydrogen-bond donors (Lipinski definition) is 1. The van der Waals surface area contributed by atoms with E-state index in [4.69, 9.17) is 0 Å². The predicted molar refractivity (Wildman–Crippen MR) is 80.1 cm³/mol. The van der Waals surface area contributed by atoms with Gasteiger partial charge in [0, 0.05) is 12.2 Å². The Morgan fingerprint density at radius 1 is 1.11 bits per heavy atom. The Morgan fingerprint density at radius 3 is 2.33 bits per heavy atom. The minimum absolute atomic E-state index is 0.824. The molecule has 0 aliphatic heterocycles. The summed E-state index contributed by atoms with van der Waals surface area (Å²) in [6.07, 6.45) is 5.78. The first-order valence-electron chi connectivity index (χ1n) is 6.09. The van der Waals surface area contributed by atoms with Crippen molar-refractivity contribution in [1.29, 1.82) is 0 Å². The zero-order chi connectivity index (χ0) is 13.4. The number of rotatable bonds is 6. The summed E-state index contributed by atoms with van der Waals surface area (Å²) >= 11 is 0. The summed E-state index contributed by atoms with van der Waals surface area (Å²) in [5, 5.41) is 3.41. The van der Waals surface area contributed by atoms with Gasteiger partial charge in [-0.15, -0.1) is 0 Å². The predicted octanol–water partition coefficient (Wildman–Crippen LogP) is 4.37. The van der Waals surface area contributed by atoms with Gasteiger partial charge in [-0.25, -0.2) is 0 Å². The van der Waals surface area contributed by atoms with Crippen LogP contribution >= 0.6 is 0 Å². The molecule has 0 heterocycles. The van der Waals surface area contributed by atoms with Gasteiger partial charge in [0.05, 0.1) is 0 Å². The first-order chi connectivity index (χ1) is 8.67. The fraction of sp³-hybridized carbons (Fsp3) is 0.176. The van der Waals surface area contributed by atoms with Crippen molar-refractivity contribution < 1.29 is 0 Å². The summed E-state index contributed by atoms with van der Waals surface area (Å²) < 4.78 is 0. The minimum Gasteiger partial charge on any atom is -0.384 e. The molecule has 0 aliphatic carbocycles. The van der Waals surface area contributed by atoms with Crippen molar-refractivity contribution in [2.75, 3.05) is 0 Å². The van der Waals surface area contributed by atoms with Crippen molar-refractivity contribution in [3.8, 4) is 0 Å². The van der Waals surface area contributed by atoms with Crippen LogP contribution in [0, 0.1) is 0 Å². The molecule has 0 aliphatic rings. The van der Waals surface area contributed by atoms with Gasteiger partial charge in [0.15, 0.2) is 0 Å². The van der Waals surface area contributed by atoms with Gasteiger partial charge < -0.3 is 5.32 Å². The lowest BCUT2D eigenvalue weighted by Crippen LogP contribution is -2.11. The zero-order valence-corrected chi connectivity index (χ0v) is 11.2. The maximum Gasteiger partial charge on any atom is 0.0397 e. The van der Waals surface area contributed by atoms with Crippen molar-refractivity contribution in [2.24, 2.45) is 0 Å². The van der Waals surface area contributed by atoms with E-state index < -0.39 is 0 Å². The highest BCUT2D eigenvalue weighted by Gasteiger charge is 1.97. The Bertz CT molecular complexity index is 464. The Kier molecular flexibility index (Phi) is 5.72. The summed E-state index contributed by atoms with van der Waals surface area (Å²) in [6, 6.07) is 10.3. The molecular formula is C17H21N. The number of hydrogen-bond acceptors (Lipinski definition) is 1. The summed E-state index contributed by atoms with van der Waals surface area (Å²) in [7, 11) is 0. The molecule has 1 N–H and O–H groups in total. The minimum atomic E-state index is 0.824. The Morgan fingerprint density at radius 2 is 1.78 bits per heavy atom. The molecule has 0 radical (unpaired) electrons. The van der Waals surface area contributed by atoms with Crippen LogP contribution in [-0.4, -0.2) is 0 Å². The Hall–Kier alpha value is -2.02.